The van der Waals surface area contributed by atoms with Crippen LogP contribution in [-0.2, 0) is 0 Å². The number of para-hydroxylation sites is 1. The zero-order valence-electron chi connectivity index (χ0n) is 10.7. The molecule has 1 aromatic carbocycles. The number of carbonyl (C=O) groups excluding carboxylic acids is 1. The molecule has 9 heteroatoms. The van der Waals surface area contributed by atoms with E-state index in [1.807, 2.05) is 0 Å². The molecule has 110 valence electrons. The molecule has 0 N–H and O–H groups in total. The number of hydrogen-bond donors (Lipinski definition) is 0. The molecule has 0 bridgehead atoms. The SMILES string of the molecule is O=C(c1ccccc1[N+](=O)[O-])n1ccc2nc(Cl)nc(Cl)c21. The summed E-state index contributed by atoms with van der Waals surface area (Å²) in [5, 5.41) is 11.0. The third kappa shape index (κ3) is 2.30. The molecular formula is C13H6Cl2N4O3. The lowest BCUT2D eigenvalue weighted by molar-refractivity contribution is -0.385. The number of hydrogen-bond acceptors (Lipinski definition) is 5. The third-order valence-corrected chi connectivity index (χ3v) is 3.45. The van der Waals surface area contributed by atoms with Crippen molar-refractivity contribution < 1.29 is 9.72 Å². The quantitative estimate of drug-likeness (QED) is 0.310. The molecular weight excluding hydrogens is 331 g/mol. The van der Waals surface area contributed by atoms with Gasteiger partial charge in [0.25, 0.3) is 11.6 Å². The minimum Gasteiger partial charge on any atom is -0.278 e. The fourth-order valence-corrected chi connectivity index (χ4v) is 2.58. The van der Waals surface area contributed by atoms with E-state index >= 15 is 0 Å². The molecule has 0 aliphatic carbocycles. The lowest BCUT2D eigenvalue weighted by Gasteiger charge is -2.05. The van der Waals surface area contributed by atoms with Crippen LogP contribution in [0.4, 0.5) is 5.69 Å². The Morgan fingerprint density at radius 3 is 2.64 bits per heavy atom. The molecule has 0 saturated carbocycles. The van der Waals surface area contributed by atoms with Crippen LogP contribution in [0.5, 0.6) is 0 Å². The summed E-state index contributed by atoms with van der Waals surface area (Å²) in [4.78, 5) is 30.8. The fraction of sp³-hybridized carbons (Fsp3) is 0. The summed E-state index contributed by atoms with van der Waals surface area (Å²) in [6, 6.07) is 7.19. The molecule has 0 aliphatic heterocycles. The largest absolute Gasteiger partial charge is 0.282 e. The molecule has 0 fully saturated rings. The number of aromatic nitrogens is 3. The van der Waals surface area contributed by atoms with Crippen molar-refractivity contribution in [3.63, 3.8) is 0 Å². The van der Waals surface area contributed by atoms with Crippen molar-refractivity contribution in [2.24, 2.45) is 0 Å². The Morgan fingerprint density at radius 1 is 1.18 bits per heavy atom. The summed E-state index contributed by atoms with van der Waals surface area (Å²) in [7, 11) is 0. The maximum atomic E-state index is 12.6. The number of carbonyl (C=O) groups is 1. The van der Waals surface area contributed by atoms with Gasteiger partial charge in [0.15, 0.2) is 5.15 Å². The minimum atomic E-state index is -0.617. The molecule has 0 atom stereocenters. The second-order valence-corrected chi connectivity index (χ2v) is 4.98. The van der Waals surface area contributed by atoms with Crippen LogP contribution in [0.3, 0.4) is 0 Å². The van der Waals surface area contributed by atoms with Gasteiger partial charge in [-0.05, 0) is 23.7 Å². The van der Waals surface area contributed by atoms with Crippen molar-refractivity contribution in [2.75, 3.05) is 0 Å². The van der Waals surface area contributed by atoms with Crippen LogP contribution in [0.1, 0.15) is 10.4 Å². The summed E-state index contributed by atoms with van der Waals surface area (Å²) in [6.07, 6.45) is 1.42. The first-order valence-corrected chi connectivity index (χ1v) is 6.73. The van der Waals surface area contributed by atoms with Gasteiger partial charge in [-0.1, -0.05) is 23.7 Å². The van der Waals surface area contributed by atoms with Crippen LogP contribution in [-0.4, -0.2) is 25.4 Å². The molecule has 0 amide bonds. The van der Waals surface area contributed by atoms with Gasteiger partial charge < -0.3 is 0 Å². The van der Waals surface area contributed by atoms with E-state index in [0.29, 0.717) is 5.52 Å². The van der Waals surface area contributed by atoms with E-state index in [4.69, 9.17) is 23.2 Å². The molecule has 0 unspecified atom stereocenters. The molecule has 7 nitrogen and oxygen atoms in total. The molecule has 2 heterocycles. The van der Waals surface area contributed by atoms with Crippen LogP contribution < -0.4 is 0 Å². The Hall–Kier alpha value is -2.51. The molecule has 3 aromatic rings. The molecule has 0 spiro atoms. The van der Waals surface area contributed by atoms with Gasteiger partial charge in [-0.15, -0.1) is 0 Å². The molecule has 0 saturated heterocycles. The van der Waals surface area contributed by atoms with Crippen molar-refractivity contribution in [2.45, 2.75) is 0 Å². The zero-order valence-corrected chi connectivity index (χ0v) is 12.2. The third-order valence-electron chi connectivity index (χ3n) is 3.01. The molecule has 3 rings (SSSR count). The van der Waals surface area contributed by atoms with Gasteiger partial charge in [0.2, 0.25) is 5.28 Å². The van der Waals surface area contributed by atoms with E-state index in [-0.39, 0.29) is 27.2 Å². The van der Waals surface area contributed by atoms with Crippen LogP contribution in [0.2, 0.25) is 10.4 Å². The number of halogens is 2. The predicted octanol–water partition coefficient (Wildman–Crippen LogP) is 3.33. The van der Waals surface area contributed by atoms with Crippen LogP contribution in [0, 0.1) is 10.1 Å². The predicted molar refractivity (Wildman–Crippen MR) is 80.4 cm³/mol. The average molecular weight is 337 g/mol. The van der Waals surface area contributed by atoms with Crippen molar-refractivity contribution in [1.82, 2.24) is 14.5 Å². The fourth-order valence-electron chi connectivity index (χ4n) is 2.09. The highest BCUT2D eigenvalue weighted by atomic mass is 35.5. The van der Waals surface area contributed by atoms with Crippen LogP contribution >= 0.6 is 23.2 Å². The van der Waals surface area contributed by atoms with Crippen molar-refractivity contribution >= 4 is 45.8 Å². The first kappa shape index (κ1) is 14.4. The Bertz CT molecular complexity index is 923. The summed E-state index contributed by atoms with van der Waals surface area (Å²) < 4.78 is 1.16. The monoisotopic (exact) mass is 336 g/mol. The van der Waals surface area contributed by atoms with Crippen LogP contribution in [0.25, 0.3) is 11.0 Å². The van der Waals surface area contributed by atoms with Gasteiger partial charge in [0.05, 0.1) is 10.4 Å². The Labute approximate surface area is 133 Å². The topological polar surface area (TPSA) is 90.9 Å². The van der Waals surface area contributed by atoms with Gasteiger partial charge in [-0.25, -0.2) is 9.97 Å². The van der Waals surface area contributed by atoms with E-state index < -0.39 is 10.8 Å². The molecule has 2 aromatic heterocycles. The van der Waals surface area contributed by atoms with Gasteiger partial charge in [-0.2, -0.15) is 0 Å². The van der Waals surface area contributed by atoms with E-state index in [2.05, 4.69) is 9.97 Å². The summed E-state index contributed by atoms with van der Waals surface area (Å²) in [6.45, 7) is 0. The second kappa shape index (κ2) is 5.36. The summed E-state index contributed by atoms with van der Waals surface area (Å²) in [5.74, 6) is -0.602. The Balaban J connectivity index is 2.21. The van der Waals surface area contributed by atoms with Gasteiger partial charge in [0.1, 0.15) is 11.1 Å². The van der Waals surface area contributed by atoms with Gasteiger partial charge >= 0.3 is 0 Å². The van der Waals surface area contributed by atoms with E-state index in [9.17, 15) is 14.9 Å². The number of nitro groups is 1. The number of fused-ring (bicyclic) bond motifs is 1. The molecule has 22 heavy (non-hydrogen) atoms. The summed E-state index contributed by atoms with van der Waals surface area (Å²) in [5.41, 5.74) is 0.266. The highest BCUT2D eigenvalue weighted by molar-refractivity contribution is 6.35. The van der Waals surface area contributed by atoms with Crippen LogP contribution in [0.15, 0.2) is 36.5 Å². The van der Waals surface area contributed by atoms with E-state index in [1.54, 1.807) is 6.07 Å². The first-order chi connectivity index (χ1) is 10.5. The molecule has 0 radical (unpaired) electrons. The second-order valence-electron chi connectivity index (χ2n) is 4.28. The Kier molecular flexibility index (Phi) is 3.51. The van der Waals surface area contributed by atoms with Crippen molar-refractivity contribution in [1.29, 1.82) is 0 Å². The lowest BCUT2D eigenvalue weighted by atomic mass is 10.1. The lowest BCUT2D eigenvalue weighted by Crippen LogP contribution is -2.13. The molecule has 0 aliphatic rings. The number of nitro benzene ring substituents is 1. The normalized spacial score (nSPS) is 10.8. The maximum Gasteiger partial charge on any atom is 0.282 e. The average Bonchev–Trinajstić information content (AvgIpc) is 2.90. The van der Waals surface area contributed by atoms with E-state index in [0.717, 1.165) is 4.57 Å². The van der Waals surface area contributed by atoms with Crippen molar-refractivity contribution in [3.05, 3.63) is 62.6 Å². The standard InChI is InChI=1S/C13H6Cl2N4O3/c14-11-10-8(16-13(15)17-11)5-6-18(10)12(20)7-3-1-2-4-9(7)19(21)22/h1-6H. The highest BCUT2D eigenvalue weighted by Gasteiger charge is 2.23. The number of benzene rings is 1. The van der Waals surface area contributed by atoms with E-state index in [1.165, 1.54) is 30.5 Å². The van der Waals surface area contributed by atoms with Gasteiger partial charge in [0, 0.05) is 12.3 Å². The first-order valence-electron chi connectivity index (χ1n) is 5.97. The smallest absolute Gasteiger partial charge is 0.278 e. The number of rotatable bonds is 2. The summed E-state index contributed by atoms with van der Waals surface area (Å²) >= 11 is 11.7. The minimum absolute atomic E-state index is 0.00747. The highest BCUT2D eigenvalue weighted by Crippen LogP contribution is 2.26. The maximum absolute atomic E-state index is 12.6. The zero-order chi connectivity index (χ0) is 15.9. The Morgan fingerprint density at radius 2 is 1.91 bits per heavy atom. The van der Waals surface area contributed by atoms with Gasteiger partial charge in [-0.3, -0.25) is 19.5 Å². The number of nitrogens with zero attached hydrogens (tertiary/aromatic N) is 4. The van der Waals surface area contributed by atoms with Crippen molar-refractivity contribution in [3.8, 4) is 0 Å².